The van der Waals surface area contributed by atoms with Crippen LogP contribution >= 0.6 is 0 Å². The first-order valence-corrected chi connectivity index (χ1v) is 3.54. The van der Waals surface area contributed by atoms with Crippen LogP contribution in [-0.4, -0.2) is 38.3 Å². The molecule has 1 heterocycles. The van der Waals surface area contributed by atoms with Crippen molar-refractivity contribution in [2.24, 2.45) is 0 Å². The third-order valence-corrected chi connectivity index (χ3v) is 2.03. The SMILES string of the molecule is COC[C@H]1CCCN1C. The van der Waals surface area contributed by atoms with Gasteiger partial charge in [0.2, 0.25) is 0 Å². The summed E-state index contributed by atoms with van der Waals surface area (Å²) in [5, 5.41) is 0. The lowest BCUT2D eigenvalue weighted by Gasteiger charge is -2.17. The van der Waals surface area contributed by atoms with E-state index in [4.69, 9.17) is 4.74 Å². The van der Waals surface area contributed by atoms with Crippen molar-refractivity contribution in [2.45, 2.75) is 18.9 Å². The van der Waals surface area contributed by atoms with Crippen LogP contribution in [0.1, 0.15) is 12.8 Å². The normalized spacial score (nSPS) is 29.3. The van der Waals surface area contributed by atoms with Gasteiger partial charge in [-0.05, 0) is 26.4 Å². The molecule has 0 N–H and O–H groups in total. The van der Waals surface area contributed by atoms with Gasteiger partial charge >= 0.3 is 0 Å². The summed E-state index contributed by atoms with van der Waals surface area (Å²) in [5.41, 5.74) is 0. The van der Waals surface area contributed by atoms with E-state index in [2.05, 4.69) is 11.9 Å². The van der Waals surface area contributed by atoms with Gasteiger partial charge in [0.05, 0.1) is 6.61 Å². The summed E-state index contributed by atoms with van der Waals surface area (Å²) in [4.78, 5) is 2.36. The van der Waals surface area contributed by atoms with E-state index >= 15 is 0 Å². The van der Waals surface area contributed by atoms with Crippen LogP contribution in [0.25, 0.3) is 0 Å². The van der Waals surface area contributed by atoms with Crippen LogP contribution in [0, 0.1) is 0 Å². The highest BCUT2D eigenvalue weighted by Crippen LogP contribution is 2.13. The second-order valence-corrected chi connectivity index (χ2v) is 2.73. The lowest BCUT2D eigenvalue weighted by Crippen LogP contribution is -2.28. The molecule has 0 saturated carbocycles. The summed E-state index contributed by atoms with van der Waals surface area (Å²) >= 11 is 0. The molecule has 1 atom stereocenters. The molecule has 0 unspecified atom stereocenters. The molecule has 0 aromatic rings. The molecule has 0 bridgehead atoms. The number of rotatable bonds is 2. The Hall–Kier alpha value is -0.0800. The quantitative estimate of drug-likeness (QED) is 0.545. The molecule has 9 heavy (non-hydrogen) atoms. The summed E-state index contributed by atoms with van der Waals surface area (Å²) in [6, 6.07) is 0.690. The average Bonchev–Trinajstić information content (AvgIpc) is 2.18. The lowest BCUT2D eigenvalue weighted by molar-refractivity contribution is 0.129. The topological polar surface area (TPSA) is 12.5 Å². The van der Waals surface area contributed by atoms with E-state index in [9.17, 15) is 0 Å². The summed E-state index contributed by atoms with van der Waals surface area (Å²) < 4.78 is 5.05. The fourth-order valence-electron chi connectivity index (χ4n) is 1.38. The molecule has 54 valence electrons. The van der Waals surface area contributed by atoms with E-state index in [1.165, 1.54) is 19.4 Å². The molecule has 1 aliphatic heterocycles. The highest BCUT2D eigenvalue weighted by atomic mass is 16.5. The van der Waals surface area contributed by atoms with Gasteiger partial charge in [0.1, 0.15) is 0 Å². The van der Waals surface area contributed by atoms with Gasteiger partial charge in [0.25, 0.3) is 0 Å². The molecular weight excluding hydrogens is 114 g/mol. The molecule has 2 heteroatoms. The standard InChI is InChI=1S/C7H15NO/c1-8-5-3-4-7(8)6-9-2/h7H,3-6H2,1-2H3/t7-/m1/s1. The number of methoxy groups -OCH3 is 1. The Labute approximate surface area is 56.8 Å². The first-order valence-electron chi connectivity index (χ1n) is 3.54. The zero-order chi connectivity index (χ0) is 6.69. The zero-order valence-corrected chi connectivity index (χ0v) is 6.26. The van der Waals surface area contributed by atoms with Crippen molar-refractivity contribution in [3.05, 3.63) is 0 Å². The molecule has 0 amide bonds. The van der Waals surface area contributed by atoms with E-state index in [-0.39, 0.29) is 0 Å². The van der Waals surface area contributed by atoms with Crippen LogP contribution < -0.4 is 0 Å². The van der Waals surface area contributed by atoms with Crippen LogP contribution in [0.2, 0.25) is 0 Å². The van der Waals surface area contributed by atoms with Crippen molar-refractivity contribution in [1.29, 1.82) is 0 Å². The zero-order valence-electron chi connectivity index (χ0n) is 6.26. The van der Waals surface area contributed by atoms with Gasteiger partial charge in [-0.2, -0.15) is 0 Å². The summed E-state index contributed by atoms with van der Waals surface area (Å²) in [6.45, 7) is 2.14. The van der Waals surface area contributed by atoms with Gasteiger partial charge in [-0.3, -0.25) is 0 Å². The second-order valence-electron chi connectivity index (χ2n) is 2.73. The molecule has 1 rings (SSSR count). The molecule has 0 radical (unpaired) electrons. The Balaban J connectivity index is 2.22. The van der Waals surface area contributed by atoms with E-state index in [1.807, 2.05) is 0 Å². The minimum absolute atomic E-state index is 0.690. The van der Waals surface area contributed by atoms with Crippen molar-refractivity contribution in [1.82, 2.24) is 4.90 Å². The third-order valence-electron chi connectivity index (χ3n) is 2.03. The number of ether oxygens (including phenoxy) is 1. The maximum absolute atomic E-state index is 5.05. The fourth-order valence-corrected chi connectivity index (χ4v) is 1.38. The highest BCUT2D eigenvalue weighted by molar-refractivity contribution is 4.75. The maximum Gasteiger partial charge on any atom is 0.0617 e. The van der Waals surface area contributed by atoms with Gasteiger partial charge in [0, 0.05) is 13.2 Å². The van der Waals surface area contributed by atoms with Gasteiger partial charge in [0.15, 0.2) is 0 Å². The van der Waals surface area contributed by atoms with E-state index in [0.717, 1.165) is 6.61 Å². The Morgan fingerprint density at radius 3 is 2.89 bits per heavy atom. The minimum Gasteiger partial charge on any atom is -0.383 e. The first-order chi connectivity index (χ1) is 4.34. The van der Waals surface area contributed by atoms with Gasteiger partial charge < -0.3 is 9.64 Å². The Bertz CT molecular complexity index is 85.0. The highest BCUT2D eigenvalue weighted by Gasteiger charge is 2.19. The molecule has 0 aromatic carbocycles. The lowest BCUT2D eigenvalue weighted by atomic mass is 10.2. The molecule has 1 saturated heterocycles. The van der Waals surface area contributed by atoms with Crippen molar-refractivity contribution in [3.8, 4) is 0 Å². The van der Waals surface area contributed by atoms with E-state index < -0.39 is 0 Å². The monoisotopic (exact) mass is 129 g/mol. The van der Waals surface area contributed by atoms with Crippen molar-refractivity contribution >= 4 is 0 Å². The predicted molar refractivity (Wildman–Crippen MR) is 37.5 cm³/mol. The van der Waals surface area contributed by atoms with Crippen LogP contribution in [0.15, 0.2) is 0 Å². The van der Waals surface area contributed by atoms with Crippen LogP contribution in [-0.2, 0) is 4.74 Å². The maximum atomic E-state index is 5.05. The second kappa shape index (κ2) is 3.18. The van der Waals surface area contributed by atoms with E-state index in [0.29, 0.717) is 6.04 Å². The number of likely N-dealkylation sites (tertiary alicyclic amines) is 1. The molecule has 0 aromatic heterocycles. The van der Waals surface area contributed by atoms with Crippen molar-refractivity contribution in [2.75, 3.05) is 27.3 Å². The van der Waals surface area contributed by atoms with Crippen LogP contribution in [0.3, 0.4) is 0 Å². The molecule has 1 fully saturated rings. The predicted octanol–water partition coefficient (Wildman–Crippen LogP) is 0.727. The minimum atomic E-state index is 0.690. The third kappa shape index (κ3) is 1.66. The van der Waals surface area contributed by atoms with Gasteiger partial charge in [-0.1, -0.05) is 0 Å². The van der Waals surface area contributed by atoms with Crippen LogP contribution in [0.5, 0.6) is 0 Å². The molecule has 1 aliphatic rings. The van der Waals surface area contributed by atoms with Crippen molar-refractivity contribution < 1.29 is 4.74 Å². The summed E-state index contributed by atoms with van der Waals surface area (Å²) in [7, 11) is 3.93. The molecule has 0 spiro atoms. The smallest absolute Gasteiger partial charge is 0.0617 e. The van der Waals surface area contributed by atoms with Crippen molar-refractivity contribution in [3.63, 3.8) is 0 Å². The van der Waals surface area contributed by atoms with E-state index in [1.54, 1.807) is 7.11 Å². The summed E-state index contributed by atoms with van der Waals surface area (Å²) in [5.74, 6) is 0. The number of nitrogens with zero attached hydrogens (tertiary/aromatic N) is 1. The number of hydrogen-bond donors (Lipinski definition) is 0. The number of hydrogen-bond acceptors (Lipinski definition) is 2. The molecule has 2 nitrogen and oxygen atoms in total. The Morgan fingerprint density at radius 2 is 2.44 bits per heavy atom. The largest absolute Gasteiger partial charge is 0.383 e. The Kier molecular flexibility index (Phi) is 2.49. The molecule has 0 aliphatic carbocycles. The van der Waals surface area contributed by atoms with Crippen LogP contribution in [0.4, 0.5) is 0 Å². The Morgan fingerprint density at radius 1 is 1.67 bits per heavy atom. The average molecular weight is 129 g/mol. The fraction of sp³-hybridized carbons (Fsp3) is 1.00. The van der Waals surface area contributed by atoms with Gasteiger partial charge in [-0.25, -0.2) is 0 Å². The summed E-state index contributed by atoms with van der Waals surface area (Å²) in [6.07, 6.45) is 2.65. The van der Waals surface area contributed by atoms with Gasteiger partial charge in [-0.15, -0.1) is 0 Å². The number of likely N-dealkylation sites (N-methyl/N-ethyl adjacent to an activating group) is 1. The first kappa shape index (κ1) is 7.03. The molecular formula is C7H15NO.